The fraction of sp³-hybridized carbons (Fsp3) is 0.286. The number of aryl methyl sites for hydroxylation is 2. The monoisotopic (exact) mass is 228 g/mol. The van der Waals surface area contributed by atoms with Gasteiger partial charge in [-0.2, -0.15) is 5.10 Å². The van der Waals surface area contributed by atoms with Crippen LogP contribution < -0.4 is 5.56 Å². The molecule has 3 heteroatoms. The van der Waals surface area contributed by atoms with Gasteiger partial charge in [0.15, 0.2) is 0 Å². The summed E-state index contributed by atoms with van der Waals surface area (Å²) in [6, 6.07) is 6.29. The van der Waals surface area contributed by atoms with E-state index in [2.05, 4.69) is 42.2 Å². The molecular weight excluding hydrogens is 212 g/mol. The molecule has 0 radical (unpaired) electrons. The summed E-state index contributed by atoms with van der Waals surface area (Å²) in [4.78, 5) is 11.4. The molecular formula is C14H16N2O. The van der Waals surface area contributed by atoms with E-state index in [1.165, 1.54) is 11.1 Å². The number of hydrogen-bond donors (Lipinski definition) is 1. The Bertz CT molecular complexity index is 606. The Morgan fingerprint density at radius 3 is 2.12 bits per heavy atom. The molecule has 1 N–H and O–H groups in total. The summed E-state index contributed by atoms with van der Waals surface area (Å²) < 4.78 is 0. The van der Waals surface area contributed by atoms with Crippen LogP contribution in [0, 0.1) is 27.7 Å². The van der Waals surface area contributed by atoms with Crippen LogP contribution in [0.2, 0.25) is 0 Å². The third-order valence-corrected chi connectivity index (χ3v) is 3.02. The SMILES string of the molecule is Cc1cc(C)cc(-c2n[nH]c(=O)c(C)c2C)c1. The van der Waals surface area contributed by atoms with Crippen molar-refractivity contribution in [1.82, 2.24) is 10.2 Å². The van der Waals surface area contributed by atoms with Crippen LogP contribution in [0.3, 0.4) is 0 Å². The topological polar surface area (TPSA) is 45.8 Å². The van der Waals surface area contributed by atoms with Crippen molar-refractivity contribution in [3.63, 3.8) is 0 Å². The first-order valence-corrected chi connectivity index (χ1v) is 5.63. The van der Waals surface area contributed by atoms with Crippen molar-refractivity contribution in [2.24, 2.45) is 0 Å². The maximum absolute atomic E-state index is 11.4. The number of aromatic amines is 1. The molecule has 0 aliphatic carbocycles. The van der Waals surface area contributed by atoms with Gasteiger partial charge in [0.1, 0.15) is 0 Å². The van der Waals surface area contributed by atoms with Gasteiger partial charge in [-0.25, -0.2) is 5.10 Å². The van der Waals surface area contributed by atoms with Crippen LogP contribution in [0.1, 0.15) is 22.3 Å². The first-order valence-electron chi connectivity index (χ1n) is 5.63. The molecule has 2 aromatic rings. The Labute approximate surface area is 101 Å². The molecule has 88 valence electrons. The van der Waals surface area contributed by atoms with Gasteiger partial charge in [-0.3, -0.25) is 4.79 Å². The maximum atomic E-state index is 11.4. The zero-order chi connectivity index (χ0) is 12.6. The Kier molecular flexibility index (Phi) is 2.84. The lowest BCUT2D eigenvalue weighted by molar-refractivity contribution is 0.958. The first kappa shape index (κ1) is 11.6. The Morgan fingerprint density at radius 2 is 1.53 bits per heavy atom. The van der Waals surface area contributed by atoms with Crippen LogP contribution in [0.4, 0.5) is 0 Å². The lowest BCUT2D eigenvalue weighted by atomic mass is 10.0. The van der Waals surface area contributed by atoms with E-state index >= 15 is 0 Å². The largest absolute Gasteiger partial charge is 0.268 e. The molecule has 0 aliphatic rings. The summed E-state index contributed by atoms with van der Waals surface area (Å²) in [6.07, 6.45) is 0. The normalized spacial score (nSPS) is 10.6. The van der Waals surface area contributed by atoms with Crippen LogP contribution in [0.25, 0.3) is 11.3 Å². The van der Waals surface area contributed by atoms with Gasteiger partial charge in [0.05, 0.1) is 5.69 Å². The Morgan fingerprint density at radius 1 is 0.941 bits per heavy atom. The summed E-state index contributed by atoms with van der Waals surface area (Å²) >= 11 is 0. The predicted octanol–water partition coefficient (Wildman–Crippen LogP) is 2.67. The molecule has 0 saturated heterocycles. The summed E-state index contributed by atoms with van der Waals surface area (Å²) in [5, 5.41) is 6.69. The Hall–Kier alpha value is -1.90. The van der Waals surface area contributed by atoms with Gasteiger partial charge in [0.25, 0.3) is 5.56 Å². The van der Waals surface area contributed by atoms with Crippen molar-refractivity contribution < 1.29 is 0 Å². The fourth-order valence-corrected chi connectivity index (χ4v) is 2.01. The number of benzene rings is 1. The number of aromatic nitrogens is 2. The summed E-state index contributed by atoms with van der Waals surface area (Å²) in [6.45, 7) is 7.88. The number of nitrogens with one attached hydrogen (secondary N) is 1. The molecule has 0 saturated carbocycles. The first-order chi connectivity index (χ1) is 7.99. The molecule has 17 heavy (non-hydrogen) atoms. The lowest BCUT2D eigenvalue weighted by Crippen LogP contribution is -2.14. The van der Waals surface area contributed by atoms with E-state index in [0.717, 1.165) is 22.4 Å². The third-order valence-electron chi connectivity index (χ3n) is 3.02. The smallest absolute Gasteiger partial charge is 0.267 e. The highest BCUT2D eigenvalue weighted by Crippen LogP contribution is 2.23. The third kappa shape index (κ3) is 2.13. The van der Waals surface area contributed by atoms with Crippen molar-refractivity contribution >= 4 is 0 Å². The summed E-state index contributed by atoms with van der Waals surface area (Å²) in [5.41, 5.74) is 5.87. The summed E-state index contributed by atoms with van der Waals surface area (Å²) in [5.74, 6) is 0. The highest BCUT2D eigenvalue weighted by molar-refractivity contribution is 5.65. The molecule has 0 atom stereocenters. The standard InChI is InChI=1S/C14H16N2O/c1-8-5-9(2)7-12(6-8)13-10(3)11(4)14(17)16-15-13/h5-7H,1-4H3,(H,16,17). The Balaban J connectivity index is 2.69. The van der Waals surface area contributed by atoms with Gasteiger partial charge in [-0.15, -0.1) is 0 Å². The highest BCUT2D eigenvalue weighted by atomic mass is 16.1. The van der Waals surface area contributed by atoms with E-state index in [-0.39, 0.29) is 5.56 Å². The lowest BCUT2D eigenvalue weighted by Gasteiger charge is -2.08. The van der Waals surface area contributed by atoms with E-state index in [0.29, 0.717) is 0 Å². The van der Waals surface area contributed by atoms with Crippen molar-refractivity contribution in [1.29, 1.82) is 0 Å². The molecule has 0 spiro atoms. The van der Waals surface area contributed by atoms with Crippen molar-refractivity contribution in [3.05, 3.63) is 50.8 Å². The molecule has 0 unspecified atom stereocenters. The minimum atomic E-state index is -0.115. The van der Waals surface area contributed by atoms with Gasteiger partial charge in [0.2, 0.25) is 0 Å². The van der Waals surface area contributed by atoms with E-state index in [1.54, 1.807) is 0 Å². The van der Waals surface area contributed by atoms with E-state index in [4.69, 9.17) is 0 Å². The summed E-state index contributed by atoms with van der Waals surface area (Å²) in [7, 11) is 0. The van der Waals surface area contributed by atoms with E-state index < -0.39 is 0 Å². The average Bonchev–Trinajstić information content (AvgIpc) is 2.24. The van der Waals surface area contributed by atoms with Crippen LogP contribution in [-0.4, -0.2) is 10.2 Å². The molecule has 0 aliphatic heterocycles. The molecule has 0 amide bonds. The van der Waals surface area contributed by atoms with E-state index in [9.17, 15) is 4.79 Å². The minimum Gasteiger partial charge on any atom is -0.268 e. The maximum Gasteiger partial charge on any atom is 0.267 e. The quantitative estimate of drug-likeness (QED) is 0.815. The van der Waals surface area contributed by atoms with Gasteiger partial charge in [-0.1, -0.05) is 17.2 Å². The van der Waals surface area contributed by atoms with Crippen LogP contribution >= 0.6 is 0 Å². The zero-order valence-corrected chi connectivity index (χ0v) is 10.6. The number of rotatable bonds is 1. The van der Waals surface area contributed by atoms with Crippen LogP contribution in [0.5, 0.6) is 0 Å². The molecule has 0 bridgehead atoms. The van der Waals surface area contributed by atoms with Gasteiger partial charge >= 0.3 is 0 Å². The number of nitrogens with zero attached hydrogens (tertiary/aromatic N) is 1. The second-order valence-electron chi connectivity index (χ2n) is 4.53. The molecule has 1 aromatic carbocycles. The van der Waals surface area contributed by atoms with Gasteiger partial charge in [-0.05, 0) is 45.4 Å². The van der Waals surface area contributed by atoms with Crippen molar-refractivity contribution in [2.75, 3.05) is 0 Å². The second kappa shape index (κ2) is 4.17. The molecule has 3 nitrogen and oxygen atoms in total. The van der Waals surface area contributed by atoms with Crippen molar-refractivity contribution in [3.8, 4) is 11.3 Å². The van der Waals surface area contributed by atoms with Crippen LogP contribution in [0.15, 0.2) is 23.0 Å². The van der Waals surface area contributed by atoms with Gasteiger partial charge in [0, 0.05) is 11.1 Å². The number of hydrogen-bond acceptors (Lipinski definition) is 2. The second-order valence-corrected chi connectivity index (χ2v) is 4.53. The average molecular weight is 228 g/mol. The van der Waals surface area contributed by atoms with E-state index in [1.807, 2.05) is 13.8 Å². The highest BCUT2D eigenvalue weighted by Gasteiger charge is 2.09. The van der Waals surface area contributed by atoms with Crippen molar-refractivity contribution in [2.45, 2.75) is 27.7 Å². The number of H-pyrrole nitrogens is 1. The molecule has 2 rings (SSSR count). The molecule has 1 aromatic heterocycles. The van der Waals surface area contributed by atoms with Gasteiger partial charge < -0.3 is 0 Å². The zero-order valence-electron chi connectivity index (χ0n) is 10.6. The fourth-order valence-electron chi connectivity index (χ4n) is 2.01. The predicted molar refractivity (Wildman–Crippen MR) is 69.2 cm³/mol. The molecule has 1 heterocycles. The molecule has 0 fully saturated rings. The minimum absolute atomic E-state index is 0.115. The van der Waals surface area contributed by atoms with Crippen LogP contribution in [-0.2, 0) is 0 Å².